The maximum atomic E-state index is 11.6. The average Bonchev–Trinajstić information content (AvgIpc) is 2.63. The minimum atomic E-state index is -0.962. The van der Waals surface area contributed by atoms with Crippen LogP contribution in [0.4, 0.5) is 4.79 Å². The summed E-state index contributed by atoms with van der Waals surface area (Å²) < 4.78 is 11.0. The Hall–Kier alpha value is -1.37. The molecular weight excluding hydrogens is 256 g/mol. The Morgan fingerprint density at radius 2 is 2.17 bits per heavy atom. The lowest BCUT2D eigenvalue weighted by atomic mass is 10.1. The Morgan fingerprint density at radius 1 is 1.50 bits per heavy atom. The topological polar surface area (TPSA) is 95.5 Å². The lowest BCUT2D eigenvalue weighted by Crippen LogP contribution is -2.46. The van der Waals surface area contributed by atoms with Crippen LogP contribution in [0.3, 0.4) is 0 Å². The molecule has 0 aromatic rings. The van der Waals surface area contributed by atoms with Gasteiger partial charge >= 0.3 is 12.0 Å². The van der Waals surface area contributed by atoms with E-state index in [4.69, 9.17) is 5.11 Å². The highest BCUT2D eigenvalue weighted by molar-refractivity contribution is 7.84. The number of carboxylic acids is 1. The molecule has 0 spiro atoms. The molecule has 0 radical (unpaired) electrons. The van der Waals surface area contributed by atoms with E-state index in [9.17, 15) is 13.8 Å². The number of nitrogens with one attached hydrogen (secondary N) is 2. The van der Waals surface area contributed by atoms with Gasteiger partial charge in [-0.15, -0.1) is 0 Å². The molecular formula is C11H18N2O4S. The van der Waals surface area contributed by atoms with E-state index in [1.807, 2.05) is 0 Å². The molecule has 1 aliphatic rings. The summed E-state index contributed by atoms with van der Waals surface area (Å²) >= 11 is 0. The van der Waals surface area contributed by atoms with Gasteiger partial charge in [0.2, 0.25) is 0 Å². The van der Waals surface area contributed by atoms with Crippen LogP contribution in [0.5, 0.6) is 0 Å². The molecule has 7 heteroatoms. The third kappa shape index (κ3) is 4.87. The summed E-state index contributed by atoms with van der Waals surface area (Å²) in [5.74, 6) is -1.02. The Balaban J connectivity index is 2.32. The minimum absolute atomic E-state index is 0.184. The van der Waals surface area contributed by atoms with Gasteiger partial charge in [-0.1, -0.05) is 12.2 Å². The van der Waals surface area contributed by atoms with E-state index >= 15 is 0 Å². The first-order valence-electron chi connectivity index (χ1n) is 5.66. The molecule has 0 heterocycles. The Bertz CT molecular complexity index is 383. The number of hydrogen-bond donors (Lipinski definition) is 3. The van der Waals surface area contributed by atoms with Crippen molar-refractivity contribution >= 4 is 22.8 Å². The van der Waals surface area contributed by atoms with Gasteiger partial charge < -0.3 is 15.7 Å². The van der Waals surface area contributed by atoms with Crippen LogP contribution in [0.2, 0.25) is 0 Å². The van der Waals surface area contributed by atoms with Crippen molar-refractivity contribution in [2.45, 2.75) is 25.4 Å². The fourth-order valence-corrected chi connectivity index (χ4v) is 2.60. The first-order chi connectivity index (χ1) is 8.38. The van der Waals surface area contributed by atoms with Gasteiger partial charge in [-0.3, -0.25) is 9.00 Å². The molecule has 0 saturated carbocycles. The summed E-state index contributed by atoms with van der Waals surface area (Å²) in [5, 5.41) is 14.1. The summed E-state index contributed by atoms with van der Waals surface area (Å²) in [6.07, 6.45) is 5.21. The van der Waals surface area contributed by atoms with Crippen molar-refractivity contribution in [2.75, 3.05) is 12.0 Å². The highest BCUT2D eigenvalue weighted by atomic mass is 32.2. The number of carboxylic acid groups (broad SMARTS) is 1. The normalized spacial score (nSPS) is 25.4. The first kappa shape index (κ1) is 14.7. The molecule has 2 amide bonds. The minimum Gasteiger partial charge on any atom is -0.481 e. The molecule has 1 rings (SSSR count). The highest BCUT2D eigenvalue weighted by Gasteiger charge is 2.25. The molecule has 3 N–H and O–H groups in total. The van der Waals surface area contributed by atoms with Gasteiger partial charge in [-0.05, 0) is 13.3 Å². The third-order valence-corrected chi connectivity index (χ3v) is 3.55. The second kappa shape index (κ2) is 6.53. The Morgan fingerprint density at radius 3 is 2.67 bits per heavy atom. The number of hydrogen-bond acceptors (Lipinski definition) is 3. The number of amides is 2. The van der Waals surface area contributed by atoms with E-state index in [-0.39, 0.29) is 18.1 Å². The van der Waals surface area contributed by atoms with E-state index in [0.29, 0.717) is 12.2 Å². The van der Waals surface area contributed by atoms with E-state index in [0.717, 1.165) is 0 Å². The summed E-state index contributed by atoms with van der Waals surface area (Å²) in [7, 11) is -0.962. The second-order valence-electron chi connectivity index (χ2n) is 4.43. The summed E-state index contributed by atoms with van der Waals surface area (Å²) in [6.45, 7) is 1.77. The molecule has 1 aliphatic carbocycles. The predicted octanol–water partition coefficient (Wildman–Crippen LogP) is 0.0819. The van der Waals surface area contributed by atoms with Crippen molar-refractivity contribution in [2.24, 2.45) is 5.92 Å². The second-order valence-corrected chi connectivity index (χ2v) is 5.91. The monoisotopic (exact) mass is 274 g/mol. The first-order valence-corrected chi connectivity index (χ1v) is 7.39. The van der Waals surface area contributed by atoms with E-state index in [2.05, 4.69) is 10.6 Å². The molecule has 6 nitrogen and oxygen atoms in total. The Labute approximate surface area is 108 Å². The molecule has 18 heavy (non-hydrogen) atoms. The van der Waals surface area contributed by atoms with Gasteiger partial charge in [0.15, 0.2) is 0 Å². The van der Waals surface area contributed by atoms with Crippen LogP contribution in [0.25, 0.3) is 0 Å². The molecule has 0 bridgehead atoms. The van der Waals surface area contributed by atoms with Gasteiger partial charge in [0.05, 0.1) is 12.0 Å². The van der Waals surface area contributed by atoms with Crippen molar-refractivity contribution in [1.82, 2.24) is 10.6 Å². The van der Waals surface area contributed by atoms with Crippen LogP contribution >= 0.6 is 0 Å². The quantitative estimate of drug-likeness (QED) is 0.619. The van der Waals surface area contributed by atoms with Crippen molar-refractivity contribution in [3.8, 4) is 0 Å². The van der Waals surface area contributed by atoms with Crippen molar-refractivity contribution < 1.29 is 18.9 Å². The standard InChI is InChI=1S/C11H18N2O4S/c1-7(6-18(2)17)12-11(16)13-9-4-3-8(5-9)10(14)15/h3-4,7-9H,5-6H2,1-2H3,(H,14,15)(H2,12,13,16). The average molecular weight is 274 g/mol. The smallest absolute Gasteiger partial charge is 0.315 e. The van der Waals surface area contributed by atoms with Gasteiger partial charge in [0, 0.05) is 28.9 Å². The fraction of sp³-hybridized carbons (Fsp3) is 0.636. The van der Waals surface area contributed by atoms with E-state index in [1.54, 1.807) is 25.3 Å². The molecule has 0 fully saturated rings. The zero-order valence-electron chi connectivity index (χ0n) is 10.4. The van der Waals surface area contributed by atoms with E-state index < -0.39 is 22.7 Å². The lowest BCUT2D eigenvalue weighted by molar-refractivity contribution is -0.140. The van der Waals surface area contributed by atoms with Crippen molar-refractivity contribution in [3.63, 3.8) is 0 Å². The molecule has 4 unspecified atom stereocenters. The molecule has 0 saturated heterocycles. The van der Waals surface area contributed by atoms with Gasteiger partial charge in [-0.2, -0.15) is 0 Å². The summed E-state index contributed by atoms with van der Waals surface area (Å²) in [5.41, 5.74) is 0. The third-order valence-electron chi connectivity index (χ3n) is 2.58. The van der Waals surface area contributed by atoms with Gasteiger partial charge in [0.25, 0.3) is 0 Å². The van der Waals surface area contributed by atoms with Crippen molar-refractivity contribution in [1.29, 1.82) is 0 Å². The maximum Gasteiger partial charge on any atom is 0.315 e. The van der Waals surface area contributed by atoms with Crippen LogP contribution in [-0.4, -0.2) is 45.4 Å². The molecule has 4 atom stereocenters. The van der Waals surface area contributed by atoms with Crippen molar-refractivity contribution in [3.05, 3.63) is 12.2 Å². The van der Waals surface area contributed by atoms with Crippen LogP contribution in [0.15, 0.2) is 12.2 Å². The predicted molar refractivity (Wildman–Crippen MR) is 68.7 cm³/mol. The zero-order valence-corrected chi connectivity index (χ0v) is 11.2. The largest absolute Gasteiger partial charge is 0.481 e. The lowest BCUT2D eigenvalue weighted by Gasteiger charge is -2.16. The maximum absolute atomic E-state index is 11.6. The molecule has 102 valence electrons. The molecule has 0 aromatic heterocycles. The highest BCUT2D eigenvalue weighted by Crippen LogP contribution is 2.17. The summed E-state index contributed by atoms with van der Waals surface area (Å²) in [6, 6.07) is -0.810. The van der Waals surface area contributed by atoms with Gasteiger partial charge in [-0.25, -0.2) is 4.79 Å². The van der Waals surface area contributed by atoms with Crippen LogP contribution in [0, 0.1) is 5.92 Å². The molecule has 0 aliphatic heterocycles. The fourth-order valence-electron chi connectivity index (χ4n) is 1.82. The molecule has 0 aromatic carbocycles. The van der Waals surface area contributed by atoms with Crippen LogP contribution in [0.1, 0.15) is 13.3 Å². The SMILES string of the molecule is CC(CS(C)=O)NC(=O)NC1C=CC(C(=O)O)C1. The number of rotatable bonds is 5. The van der Waals surface area contributed by atoms with Crippen LogP contribution < -0.4 is 10.6 Å². The zero-order chi connectivity index (χ0) is 13.7. The number of aliphatic carboxylic acids is 1. The summed E-state index contributed by atoms with van der Waals surface area (Å²) in [4.78, 5) is 22.3. The van der Waals surface area contributed by atoms with E-state index in [1.165, 1.54) is 0 Å². The number of urea groups is 1. The Kier molecular flexibility index (Phi) is 5.33. The number of carbonyl (C=O) groups is 2. The van der Waals surface area contributed by atoms with Gasteiger partial charge in [0.1, 0.15) is 0 Å². The number of carbonyl (C=O) groups excluding carboxylic acids is 1. The van der Waals surface area contributed by atoms with Crippen LogP contribution in [-0.2, 0) is 15.6 Å².